The minimum Gasteiger partial charge on any atom is -0.361 e. The highest BCUT2D eigenvalue weighted by Crippen LogP contribution is 2.30. The number of fused-ring (bicyclic) bond motifs is 1. The van der Waals surface area contributed by atoms with Crippen LogP contribution >= 0.6 is 0 Å². The van der Waals surface area contributed by atoms with Crippen molar-refractivity contribution >= 4 is 10.9 Å². The highest BCUT2D eigenvalue weighted by Gasteiger charge is 2.36. The lowest BCUT2D eigenvalue weighted by Crippen LogP contribution is -2.32. The lowest BCUT2D eigenvalue weighted by atomic mass is 10.1. The molecule has 1 aliphatic heterocycles. The summed E-state index contributed by atoms with van der Waals surface area (Å²) in [7, 11) is 0. The molecule has 6 nitrogen and oxygen atoms in total. The molecule has 24 heavy (non-hydrogen) atoms. The van der Waals surface area contributed by atoms with Crippen LogP contribution in [-0.2, 0) is 0 Å². The van der Waals surface area contributed by atoms with E-state index >= 15 is 0 Å². The Kier molecular flexibility index (Phi) is 3.52. The van der Waals surface area contributed by atoms with E-state index in [1.165, 1.54) is 4.90 Å². The number of hydrogen-bond acceptors (Lipinski definition) is 5. The Morgan fingerprint density at radius 2 is 2.21 bits per heavy atom. The van der Waals surface area contributed by atoms with E-state index < -0.39 is 12.7 Å². The Balaban J connectivity index is 1.55. The number of halogens is 3. The number of nitrogens with one attached hydrogen (secondary N) is 1. The first kappa shape index (κ1) is 15.1. The third-order valence-electron chi connectivity index (χ3n) is 4.16. The van der Waals surface area contributed by atoms with Crippen LogP contribution in [0.25, 0.3) is 22.4 Å². The van der Waals surface area contributed by atoms with Crippen LogP contribution in [0.1, 0.15) is 18.2 Å². The molecule has 4 heterocycles. The van der Waals surface area contributed by atoms with Crippen molar-refractivity contribution in [1.29, 1.82) is 0 Å². The summed E-state index contributed by atoms with van der Waals surface area (Å²) in [5.74, 6) is 0.535. The number of aromatic amines is 1. The fraction of sp³-hybridized carbons (Fsp3) is 0.400. The summed E-state index contributed by atoms with van der Waals surface area (Å²) in [6.07, 6.45) is -0.185. The van der Waals surface area contributed by atoms with Gasteiger partial charge in [-0.2, -0.15) is 18.2 Å². The second-order valence-corrected chi connectivity index (χ2v) is 5.89. The molecule has 0 aromatic carbocycles. The fourth-order valence-corrected chi connectivity index (χ4v) is 3.09. The van der Waals surface area contributed by atoms with E-state index in [1.807, 2.05) is 12.1 Å². The molecule has 1 N–H and O–H groups in total. The predicted molar refractivity (Wildman–Crippen MR) is 79.2 cm³/mol. The van der Waals surface area contributed by atoms with Crippen LogP contribution in [0.4, 0.5) is 13.2 Å². The van der Waals surface area contributed by atoms with Crippen molar-refractivity contribution in [3.8, 4) is 11.5 Å². The highest BCUT2D eigenvalue weighted by molar-refractivity contribution is 5.90. The molecule has 0 saturated carbocycles. The van der Waals surface area contributed by atoms with Crippen LogP contribution < -0.4 is 0 Å². The average Bonchev–Trinajstić information content (AvgIpc) is 3.24. The molecule has 1 atom stereocenters. The van der Waals surface area contributed by atoms with Gasteiger partial charge in [0.2, 0.25) is 11.7 Å². The summed E-state index contributed by atoms with van der Waals surface area (Å²) in [6.45, 7) is -0.273. The van der Waals surface area contributed by atoms with E-state index in [-0.39, 0.29) is 12.5 Å². The summed E-state index contributed by atoms with van der Waals surface area (Å²) in [5.41, 5.74) is 1.50. The van der Waals surface area contributed by atoms with Crippen molar-refractivity contribution < 1.29 is 17.7 Å². The minimum absolute atomic E-state index is 0.181. The normalized spacial score (nSPS) is 19.4. The summed E-state index contributed by atoms with van der Waals surface area (Å²) < 4.78 is 42.7. The van der Waals surface area contributed by atoms with Gasteiger partial charge < -0.3 is 9.51 Å². The van der Waals surface area contributed by atoms with Gasteiger partial charge >= 0.3 is 6.18 Å². The number of hydrogen-bond donors (Lipinski definition) is 1. The molecule has 0 bridgehead atoms. The van der Waals surface area contributed by atoms with Gasteiger partial charge in [-0.15, -0.1) is 0 Å². The monoisotopic (exact) mass is 337 g/mol. The number of pyridine rings is 1. The molecule has 1 unspecified atom stereocenters. The number of rotatable bonds is 3. The summed E-state index contributed by atoms with van der Waals surface area (Å²) in [4.78, 5) is 13.1. The molecule has 3 aromatic rings. The average molecular weight is 337 g/mol. The van der Waals surface area contributed by atoms with Crippen molar-refractivity contribution in [3.05, 3.63) is 30.4 Å². The quantitative estimate of drug-likeness (QED) is 0.796. The molecular weight excluding hydrogens is 323 g/mol. The molecule has 126 valence electrons. The topological polar surface area (TPSA) is 70.8 Å². The first-order chi connectivity index (χ1) is 11.5. The first-order valence-electron chi connectivity index (χ1n) is 7.55. The second kappa shape index (κ2) is 5.59. The number of aromatic nitrogens is 4. The van der Waals surface area contributed by atoms with Crippen molar-refractivity contribution in [2.24, 2.45) is 0 Å². The molecule has 4 rings (SSSR count). The Morgan fingerprint density at radius 1 is 1.33 bits per heavy atom. The molecule has 0 amide bonds. The Morgan fingerprint density at radius 3 is 3.04 bits per heavy atom. The smallest absolute Gasteiger partial charge is 0.361 e. The van der Waals surface area contributed by atoms with Crippen molar-refractivity contribution in [2.45, 2.75) is 18.5 Å². The number of H-pyrrole nitrogens is 1. The maximum Gasteiger partial charge on any atom is 0.401 e. The van der Waals surface area contributed by atoms with Gasteiger partial charge in [-0.1, -0.05) is 5.16 Å². The van der Waals surface area contributed by atoms with Crippen LogP contribution in [-0.4, -0.2) is 50.8 Å². The lowest BCUT2D eigenvalue weighted by molar-refractivity contribution is -0.143. The molecular formula is C15H14F3N5O. The van der Waals surface area contributed by atoms with Crippen molar-refractivity contribution in [1.82, 2.24) is 25.0 Å². The Hall–Kier alpha value is -2.42. The SMILES string of the molecule is FC(F)(F)CN1CCC(c2nc(-c3nccc4[nH]ccc34)no2)C1. The maximum atomic E-state index is 12.5. The zero-order valence-corrected chi connectivity index (χ0v) is 12.5. The van der Waals surface area contributed by atoms with Crippen molar-refractivity contribution in [3.63, 3.8) is 0 Å². The van der Waals surface area contributed by atoms with Gasteiger partial charge in [0.25, 0.3) is 0 Å². The van der Waals surface area contributed by atoms with Gasteiger partial charge in [0.05, 0.1) is 12.5 Å². The largest absolute Gasteiger partial charge is 0.401 e. The van der Waals surface area contributed by atoms with E-state index in [1.54, 1.807) is 12.4 Å². The molecule has 1 saturated heterocycles. The van der Waals surface area contributed by atoms with E-state index in [0.717, 1.165) is 10.9 Å². The Bertz CT molecular complexity index is 856. The lowest BCUT2D eigenvalue weighted by Gasteiger charge is -2.16. The van der Waals surface area contributed by atoms with Crippen molar-refractivity contribution in [2.75, 3.05) is 19.6 Å². The predicted octanol–water partition coefficient (Wildman–Crippen LogP) is 2.96. The third-order valence-corrected chi connectivity index (χ3v) is 4.16. The molecule has 0 radical (unpaired) electrons. The van der Waals surface area contributed by atoms with Gasteiger partial charge in [-0.05, 0) is 25.1 Å². The Labute approximate surface area is 134 Å². The van der Waals surface area contributed by atoms with Gasteiger partial charge in [0.15, 0.2) is 0 Å². The minimum atomic E-state index is -4.19. The fourth-order valence-electron chi connectivity index (χ4n) is 3.09. The van der Waals surface area contributed by atoms with Gasteiger partial charge in [-0.3, -0.25) is 9.88 Å². The van der Waals surface area contributed by atoms with Crippen LogP contribution in [0.15, 0.2) is 29.0 Å². The van der Waals surface area contributed by atoms with Gasteiger partial charge in [-0.25, -0.2) is 0 Å². The molecule has 0 aliphatic carbocycles. The summed E-state index contributed by atoms with van der Waals surface area (Å²) in [6, 6.07) is 3.71. The van der Waals surface area contributed by atoms with Gasteiger partial charge in [0, 0.05) is 29.8 Å². The zero-order valence-electron chi connectivity index (χ0n) is 12.5. The van der Waals surface area contributed by atoms with Crippen LogP contribution in [0.3, 0.4) is 0 Å². The van der Waals surface area contributed by atoms with Crippen LogP contribution in [0.5, 0.6) is 0 Å². The molecule has 1 fully saturated rings. The first-order valence-corrected chi connectivity index (χ1v) is 7.55. The number of nitrogens with zero attached hydrogens (tertiary/aromatic N) is 4. The third kappa shape index (κ3) is 2.86. The summed E-state index contributed by atoms with van der Waals surface area (Å²) in [5, 5.41) is 4.83. The van der Waals surface area contributed by atoms with Crippen LogP contribution in [0.2, 0.25) is 0 Å². The van der Waals surface area contributed by atoms with E-state index in [9.17, 15) is 13.2 Å². The second-order valence-electron chi connectivity index (χ2n) is 5.89. The molecule has 0 spiro atoms. The van der Waals surface area contributed by atoms with E-state index in [0.29, 0.717) is 30.4 Å². The molecule has 1 aliphatic rings. The van der Waals surface area contributed by atoms with E-state index in [4.69, 9.17) is 4.52 Å². The van der Waals surface area contributed by atoms with E-state index in [2.05, 4.69) is 20.1 Å². The summed E-state index contributed by atoms with van der Waals surface area (Å²) >= 11 is 0. The van der Waals surface area contributed by atoms with Crippen LogP contribution in [0, 0.1) is 0 Å². The number of likely N-dealkylation sites (tertiary alicyclic amines) is 1. The zero-order chi connectivity index (χ0) is 16.7. The molecule has 3 aromatic heterocycles. The number of alkyl halides is 3. The standard InChI is InChI=1S/C15H14F3N5O/c16-15(17,18)8-23-6-3-9(7-23)14-21-13(22-24-14)12-10-1-4-19-11(10)2-5-20-12/h1-2,4-5,9,19H,3,6-8H2. The van der Waals surface area contributed by atoms with Gasteiger partial charge in [0.1, 0.15) is 5.69 Å². The molecule has 9 heteroatoms. The maximum absolute atomic E-state index is 12.5. The highest BCUT2D eigenvalue weighted by atomic mass is 19.4.